The Bertz CT molecular complexity index is 1470. The largest absolute Gasteiger partial charge is 0.508 e. The van der Waals surface area contributed by atoms with E-state index in [2.05, 4.69) is 39.0 Å². The molecule has 9 heteroatoms. The molecule has 6 rings (SSSR count). The van der Waals surface area contributed by atoms with Crippen LogP contribution in [0.5, 0.6) is 11.5 Å². The fraction of sp³-hybridized carbons (Fsp3) is 0.125. The molecule has 0 aliphatic carbocycles. The molecule has 164 valence electrons. The maximum Gasteiger partial charge on any atom is 0.326 e. The van der Waals surface area contributed by atoms with Crippen LogP contribution in [0.4, 0.5) is 6.01 Å². The third kappa shape index (κ3) is 3.20. The van der Waals surface area contributed by atoms with E-state index in [1.165, 1.54) is 28.8 Å². The van der Waals surface area contributed by atoms with E-state index in [0.717, 1.165) is 21.8 Å². The third-order valence-electron chi connectivity index (χ3n) is 5.78. The van der Waals surface area contributed by atoms with Gasteiger partial charge in [0.1, 0.15) is 23.4 Å². The van der Waals surface area contributed by atoms with Gasteiger partial charge in [0.05, 0.1) is 5.75 Å². The smallest absolute Gasteiger partial charge is 0.326 e. The normalized spacial score (nSPS) is 16.3. The molecule has 33 heavy (non-hydrogen) atoms. The van der Waals surface area contributed by atoms with Gasteiger partial charge in [-0.1, -0.05) is 41.5 Å². The molecule has 5 aromatic rings. The summed E-state index contributed by atoms with van der Waals surface area (Å²) < 4.78 is 8.06. The lowest BCUT2D eigenvalue weighted by atomic mass is 10.1. The molecule has 1 saturated heterocycles. The first kappa shape index (κ1) is 19.7. The highest BCUT2D eigenvalue weighted by Crippen LogP contribution is 2.45. The van der Waals surface area contributed by atoms with Crippen molar-refractivity contribution in [3.8, 4) is 11.5 Å². The SMILES string of the molecule is O=C1CSC(c2ccc(O)cc2O)N1c1nnc(Cn2c3ccccc3c3ccccc32)o1. The summed E-state index contributed by atoms with van der Waals surface area (Å²) >= 11 is 1.35. The average Bonchev–Trinajstić information content (AvgIpc) is 3.51. The summed E-state index contributed by atoms with van der Waals surface area (Å²) in [6.07, 6.45) is 0. The van der Waals surface area contributed by atoms with E-state index >= 15 is 0 Å². The number of hydrogen-bond acceptors (Lipinski definition) is 7. The van der Waals surface area contributed by atoms with Crippen molar-refractivity contribution in [3.63, 3.8) is 0 Å². The number of anilines is 1. The van der Waals surface area contributed by atoms with Gasteiger partial charge in [-0.3, -0.25) is 4.79 Å². The third-order valence-corrected chi connectivity index (χ3v) is 6.98. The number of phenolic OH excluding ortho intramolecular Hbond substituents is 2. The van der Waals surface area contributed by atoms with Gasteiger partial charge in [0.25, 0.3) is 0 Å². The molecule has 0 bridgehead atoms. The molecule has 1 fully saturated rings. The van der Waals surface area contributed by atoms with E-state index in [1.54, 1.807) is 6.07 Å². The Morgan fingerprint density at radius 1 is 0.970 bits per heavy atom. The number of benzene rings is 3. The molecule has 3 heterocycles. The summed E-state index contributed by atoms with van der Waals surface area (Å²) in [5.41, 5.74) is 2.60. The maximum absolute atomic E-state index is 12.7. The highest BCUT2D eigenvalue weighted by Gasteiger charge is 2.38. The lowest BCUT2D eigenvalue weighted by molar-refractivity contribution is -0.116. The van der Waals surface area contributed by atoms with Gasteiger partial charge in [-0.15, -0.1) is 16.9 Å². The van der Waals surface area contributed by atoms with E-state index in [-0.39, 0.29) is 29.2 Å². The first-order chi connectivity index (χ1) is 16.1. The van der Waals surface area contributed by atoms with E-state index < -0.39 is 5.37 Å². The monoisotopic (exact) mass is 458 g/mol. The summed E-state index contributed by atoms with van der Waals surface area (Å²) in [4.78, 5) is 14.1. The molecule has 3 aromatic carbocycles. The molecule has 0 saturated carbocycles. The van der Waals surface area contributed by atoms with Crippen molar-refractivity contribution >= 4 is 45.5 Å². The van der Waals surface area contributed by atoms with E-state index in [1.807, 2.05) is 24.3 Å². The van der Waals surface area contributed by atoms with Crippen LogP contribution >= 0.6 is 11.8 Å². The molecular formula is C24H18N4O4S. The molecule has 1 unspecified atom stereocenters. The number of rotatable bonds is 4. The van der Waals surface area contributed by atoms with Crippen LogP contribution in [0.1, 0.15) is 16.8 Å². The van der Waals surface area contributed by atoms with Crippen LogP contribution in [0.3, 0.4) is 0 Å². The van der Waals surface area contributed by atoms with Gasteiger partial charge < -0.3 is 19.2 Å². The van der Waals surface area contributed by atoms with Gasteiger partial charge in [-0.2, -0.15) is 0 Å². The van der Waals surface area contributed by atoms with Crippen molar-refractivity contribution < 1.29 is 19.4 Å². The minimum Gasteiger partial charge on any atom is -0.508 e. The molecule has 1 amide bonds. The number of aromatic hydroxyl groups is 2. The van der Waals surface area contributed by atoms with Crippen LogP contribution < -0.4 is 4.90 Å². The van der Waals surface area contributed by atoms with Gasteiger partial charge in [0, 0.05) is 33.4 Å². The van der Waals surface area contributed by atoms with Crippen molar-refractivity contribution in [1.29, 1.82) is 0 Å². The van der Waals surface area contributed by atoms with Crippen LogP contribution in [-0.4, -0.2) is 36.6 Å². The number of phenols is 2. The van der Waals surface area contributed by atoms with Crippen molar-refractivity contribution in [2.75, 3.05) is 10.7 Å². The summed E-state index contributed by atoms with van der Waals surface area (Å²) in [5, 5.41) is 30.0. The second kappa shape index (κ2) is 7.56. The maximum atomic E-state index is 12.7. The van der Waals surface area contributed by atoms with Crippen molar-refractivity contribution in [1.82, 2.24) is 14.8 Å². The van der Waals surface area contributed by atoms with Crippen LogP contribution in [0.15, 0.2) is 71.1 Å². The predicted molar refractivity (Wildman–Crippen MR) is 125 cm³/mol. The summed E-state index contributed by atoms with van der Waals surface area (Å²) in [5.74, 6) is 0.246. The Hall–Kier alpha value is -3.98. The van der Waals surface area contributed by atoms with Crippen LogP contribution in [0, 0.1) is 0 Å². The zero-order valence-electron chi connectivity index (χ0n) is 17.3. The van der Waals surface area contributed by atoms with Gasteiger partial charge in [0.15, 0.2) is 0 Å². The van der Waals surface area contributed by atoms with Gasteiger partial charge in [-0.25, -0.2) is 4.90 Å². The van der Waals surface area contributed by atoms with Crippen molar-refractivity contribution in [2.45, 2.75) is 11.9 Å². The predicted octanol–water partition coefficient (Wildman–Crippen LogP) is 4.42. The minimum atomic E-state index is -0.528. The number of fused-ring (bicyclic) bond motifs is 3. The van der Waals surface area contributed by atoms with E-state index in [4.69, 9.17) is 4.42 Å². The Morgan fingerprint density at radius 3 is 2.36 bits per heavy atom. The number of hydrogen-bond donors (Lipinski definition) is 2. The molecule has 0 spiro atoms. The van der Waals surface area contributed by atoms with Crippen LogP contribution in [-0.2, 0) is 11.3 Å². The topological polar surface area (TPSA) is 105 Å². The molecule has 2 aromatic heterocycles. The Balaban J connectivity index is 1.37. The first-order valence-corrected chi connectivity index (χ1v) is 11.4. The lowest BCUT2D eigenvalue weighted by Crippen LogP contribution is -2.28. The molecule has 8 nitrogen and oxygen atoms in total. The van der Waals surface area contributed by atoms with Crippen molar-refractivity contribution in [3.05, 3.63) is 78.2 Å². The van der Waals surface area contributed by atoms with E-state index in [9.17, 15) is 15.0 Å². The Labute approximate surface area is 192 Å². The fourth-order valence-corrected chi connectivity index (χ4v) is 5.49. The molecule has 1 aliphatic rings. The summed E-state index contributed by atoms with van der Waals surface area (Å²) in [7, 11) is 0. The number of nitrogens with zero attached hydrogens (tertiary/aromatic N) is 4. The second-order valence-corrected chi connectivity index (χ2v) is 8.84. The van der Waals surface area contributed by atoms with Crippen molar-refractivity contribution in [2.24, 2.45) is 0 Å². The lowest BCUT2D eigenvalue weighted by Gasteiger charge is -2.20. The quantitative estimate of drug-likeness (QED) is 0.411. The number of para-hydroxylation sites is 2. The first-order valence-electron chi connectivity index (χ1n) is 10.3. The number of aromatic nitrogens is 3. The zero-order chi connectivity index (χ0) is 22.5. The fourth-order valence-electron chi connectivity index (χ4n) is 4.32. The Morgan fingerprint density at radius 2 is 1.67 bits per heavy atom. The number of amides is 1. The molecule has 0 radical (unpaired) electrons. The van der Waals surface area contributed by atoms with Gasteiger partial charge >= 0.3 is 6.01 Å². The second-order valence-electron chi connectivity index (χ2n) is 7.77. The number of thioether (sulfide) groups is 1. The summed E-state index contributed by atoms with van der Waals surface area (Å²) in [6.45, 7) is 0.353. The molecule has 1 atom stereocenters. The molecule has 2 N–H and O–H groups in total. The van der Waals surface area contributed by atoms with Crippen LogP contribution in [0.2, 0.25) is 0 Å². The highest BCUT2D eigenvalue weighted by atomic mass is 32.2. The zero-order valence-corrected chi connectivity index (χ0v) is 18.1. The minimum absolute atomic E-state index is 0.0524. The van der Waals surface area contributed by atoms with E-state index in [0.29, 0.717) is 18.0 Å². The molecule has 1 aliphatic heterocycles. The van der Waals surface area contributed by atoms with Crippen LogP contribution in [0.25, 0.3) is 21.8 Å². The summed E-state index contributed by atoms with van der Waals surface area (Å²) in [6, 6.07) is 20.7. The van der Waals surface area contributed by atoms with Gasteiger partial charge in [0.2, 0.25) is 11.8 Å². The highest BCUT2D eigenvalue weighted by molar-refractivity contribution is 8.00. The number of carbonyl (C=O) groups is 1. The van der Waals surface area contributed by atoms with Gasteiger partial charge in [-0.05, 0) is 24.3 Å². The average molecular weight is 458 g/mol. The molecular weight excluding hydrogens is 440 g/mol. The number of carbonyl (C=O) groups excluding carboxylic acids is 1. The standard InChI is InChI=1S/C24H18N4O4S/c29-14-9-10-17(20(30)11-14)23-28(22(31)13-33-23)24-26-25-21(32-24)12-27-18-7-3-1-5-15(18)16-6-2-4-8-19(16)27/h1-11,23,29-30H,12-13H2. The Kier molecular flexibility index (Phi) is 4.51.